The largest absolute Gasteiger partial charge is 0.665 e. The van der Waals surface area contributed by atoms with Crippen LogP contribution < -0.4 is 19.4 Å². The molecule has 3 heterocycles. The van der Waals surface area contributed by atoms with Gasteiger partial charge in [0, 0.05) is 21.5 Å². The monoisotopic (exact) mass is 2350 g/mol. The summed E-state index contributed by atoms with van der Waals surface area (Å²) in [6.45, 7) is 57.1. The minimum Gasteiger partial charge on any atom is -0.665 e. The van der Waals surface area contributed by atoms with Gasteiger partial charge in [-0.05, 0) is 97.3 Å². The Hall–Kier alpha value is -11.7. The number of aryl methyl sites for hydroxylation is 6. The molecule has 18 aromatic rings. The van der Waals surface area contributed by atoms with Crippen LogP contribution in [0.3, 0.4) is 0 Å². The molecule has 18 rings (SSSR count). The normalized spacial score (nSPS) is 11.2. The van der Waals surface area contributed by atoms with Gasteiger partial charge in [-0.2, -0.15) is 34.2 Å². The topological polar surface area (TPSA) is 149 Å². The molecule has 0 aliphatic heterocycles. The summed E-state index contributed by atoms with van der Waals surface area (Å²) in [5, 5.41) is 40.2. The number of halogens is 2. The van der Waals surface area contributed by atoms with Crippen LogP contribution in [0.5, 0.6) is 23.0 Å². The minimum atomic E-state index is -2.00. The molecule has 0 atom stereocenters. The summed E-state index contributed by atoms with van der Waals surface area (Å²) in [4.78, 5) is 12.3. The van der Waals surface area contributed by atoms with Gasteiger partial charge in [0.15, 0.2) is 0 Å². The molecule has 16 heteroatoms. The predicted octanol–water partition coefficient (Wildman–Crippen LogP) is 37.9. The van der Waals surface area contributed by atoms with Crippen molar-refractivity contribution < 1.29 is 73.5 Å². The summed E-state index contributed by atoms with van der Waals surface area (Å²) in [7, 11) is -2.00. The van der Waals surface area contributed by atoms with Crippen molar-refractivity contribution in [3.8, 4) is 56.4 Å². The Balaban J connectivity index is 0.000000175. The van der Waals surface area contributed by atoms with Crippen LogP contribution in [-0.2, 0) is 64.6 Å². The van der Waals surface area contributed by atoms with E-state index in [1.54, 1.807) is 18.2 Å². The van der Waals surface area contributed by atoms with E-state index in [2.05, 4.69) is 333 Å². The summed E-state index contributed by atoms with van der Waals surface area (Å²) in [5.41, 5.74) is 25.1. The van der Waals surface area contributed by atoms with E-state index in [-0.39, 0.29) is 21.3 Å². The molecule has 10 nitrogen and oxygen atoms in total. The van der Waals surface area contributed by atoms with E-state index in [9.17, 15) is 15.3 Å². The molecule has 3 N–H and O–H groups in total. The van der Waals surface area contributed by atoms with E-state index < -0.39 is 62.1 Å². The van der Waals surface area contributed by atoms with Crippen molar-refractivity contribution in [2.24, 2.45) is 15.9 Å². The van der Waals surface area contributed by atoms with Crippen molar-refractivity contribution in [2.45, 2.75) is 219 Å². The zero-order valence-corrected chi connectivity index (χ0v) is 100.0. The summed E-state index contributed by atoms with van der Waals surface area (Å²) < 4.78 is 28.8. The van der Waals surface area contributed by atoms with Crippen molar-refractivity contribution >= 4 is 105 Å². The summed E-state index contributed by atoms with van der Waals surface area (Å²) in [6, 6.07) is 120. The van der Waals surface area contributed by atoms with Gasteiger partial charge in [0.2, 0.25) is 0 Å². The number of rotatable bonds is 16. The van der Waals surface area contributed by atoms with Crippen molar-refractivity contribution in [3.63, 3.8) is 0 Å². The van der Waals surface area contributed by atoms with Crippen molar-refractivity contribution in [1.82, 2.24) is 15.0 Å². The van der Waals surface area contributed by atoms with Gasteiger partial charge in [0.25, 0.3) is 8.32 Å². The zero-order chi connectivity index (χ0) is 107. The molecule has 0 aliphatic rings. The molecule has 0 spiro atoms. The molecule has 0 saturated carbocycles. The van der Waals surface area contributed by atoms with Crippen LogP contribution in [-0.4, -0.2) is 36.8 Å². The number of nitrogens with zero attached hydrogens (tertiary/aromatic N) is 6. The quantitative estimate of drug-likeness (QED) is 0.0816. The number of fused-ring (bicyclic) bond motifs is 4. The van der Waals surface area contributed by atoms with Crippen LogP contribution in [0, 0.1) is 47.0 Å². The van der Waals surface area contributed by atoms with Gasteiger partial charge in [-0.25, -0.2) is 0 Å². The first kappa shape index (κ1) is 117. The van der Waals surface area contributed by atoms with E-state index >= 15 is 0 Å². The molecule has 0 aliphatic carbocycles. The maximum absolute atomic E-state index is 10.6. The first-order chi connectivity index (χ1) is 69.8. The van der Waals surface area contributed by atoms with E-state index in [1.165, 1.54) is 44.8 Å². The number of hydrogen-bond donors (Lipinski definition) is 3. The van der Waals surface area contributed by atoms with Crippen LogP contribution in [0.2, 0.25) is 28.2 Å². The summed E-state index contributed by atoms with van der Waals surface area (Å²) >= 11 is 10.1. The Morgan fingerprint density at radius 1 is 0.313 bits per heavy atom. The van der Waals surface area contributed by atoms with Gasteiger partial charge in [-0.1, -0.05) is 281 Å². The molecule has 0 radical (unpaired) electrons. The average molecular weight is 2340 g/mol. The van der Waals surface area contributed by atoms with E-state index in [0.29, 0.717) is 51.0 Å². The van der Waals surface area contributed by atoms with Crippen molar-refractivity contribution in [2.75, 3.05) is 0 Å². The maximum atomic E-state index is 10.6. The summed E-state index contributed by atoms with van der Waals surface area (Å²) in [5.74, 6) is 3.95. The second kappa shape index (κ2) is 55.5. The molecule has 0 unspecified atom stereocenters. The van der Waals surface area contributed by atoms with Crippen molar-refractivity contribution in [3.05, 3.63) is 436 Å². The second-order valence-electron chi connectivity index (χ2n) is 41.7. The number of hydrogen-bond acceptors (Lipinski definition) is 7. The molecule has 147 heavy (non-hydrogen) atoms. The fourth-order valence-electron chi connectivity index (χ4n) is 16.1. The first-order valence-electron chi connectivity index (χ1n) is 50.4. The minimum absolute atomic E-state index is 0.0811. The molecule has 3 aromatic heterocycles. The van der Waals surface area contributed by atoms with Crippen LogP contribution in [0.15, 0.2) is 368 Å². The van der Waals surface area contributed by atoms with Gasteiger partial charge in [0.05, 0.1) is 0 Å². The van der Waals surface area contributed by atoms with Crippen LogP contribution in [0.25, 0.3) is 76.5 Å². The number of aromatic hydroxyl groups is 3. The number of benzene rings is 15. The molecule has 0 fully saturated rings. The zero-order valence-electron chi connectivity index (χ0n) is 90.5. The van der Waals surface area contributed by atoms with E-state index in [0.717, 1.165) is 122 Å². The molecule has 15 aromatic carbocycles. The molecular weight excluding hydrogens is 2200 g/mol. The summed E-state index contributed by atoms with van der Waals surface area (Å²) in [6.07, 6.45) is 0. The average Bonchev–Trinajstić information content (AvgIpc) is 0.927. The maximum Gasteiger partial charge on any atom is 0.124 e. The Labute approximate surface area is 911 Å². The van der Waals surface area contributed by atoms with Gasteiger partial charge >= 0.3 is 420 Å². The third kappa shape index (κ3) is 34.7. The van der Waals surface area contributed by atoms with E-state index in [4.69, 9.17) is 34.6 Å². The Morgan fingerprint density at radius 3 is 0.871 bits per heavy atom. The standard InChI is InChI=1S/C26H28O2Si.2C16H12O.2C12H17N.2C10H12.C6H3Cl2N.3C6H8N.C5H10.2Mo.W/c1-26(2,3)29(4,5)28-23-17-9-13-19-11-7-15-21(25(19)23)20-14-6-10-18-12-8-16-22(27)24(18)20;2*17-15-11-5-9-13-8-4-10-14(16(13)15)12-6-2-1-3-7-12;2*1-8(2)10-6-5-7-11(9(3)4)12(10)13;2*1-10(2,3)9-7-5-4-6-8-9;7-4-2-1-3-5(8)6(4)9;3*1-5-3-4-6(2)7-5;1-5(2,3)4;;;/h6-17,27H,1-5H3;2*1-11,17H;2*5-9H,1-4H3;2*1,4-8H,2-3H3;1-3H;3*3-4H,1-2H3;1H,2-4H3;;;/q;;;;;;;;3*-1;;;;. The number of phenolic OH excluding ortho intramolecular Hbond substituents is 3. The van der Waals surface area contributed by atoms with Gasteiger partial charge < -0.3 is 34.7 Å². The fourth-order valence-corrected chi connectivity index (χ4v) is 24.2. The number of phenols is 3. The van der Waals surface area contributed by atoms with Crippen LogP contribution >= 0.6 is 23.2 Å². The fraction of sp³-hybridized carbons (Fsp3) is 0.260. The Bertz CT molecular complexity index is 7050. The molecular formula is C131H147Cl2Mo2N6O4SiW-3. The molecule has 0 amide bonds. The van der Waals surface area contributed by atoms with Crippen molar-refractivity contribution in [1.29, 1.82) is 0 Å². The van der Waals surface area contributed by atoms with Gasteiger partial charge in [0.1, 0.15) is 23.0 Å². The first-order valence-corrected chi connectivity index (χ1v) is 61.2. The third-order valence-corrected chi connectivity index (χ3v) is 38.8. The molecule has 764 valence electrons. The SMILES string of the molecule is CC(C)(C)[CH]=[W]=[N]c1c(Cl)cccc1Cl.CC(C)(C)[Si](C)(C)Oc1cccc2cccc(-c3cccc4cccc(O)c34)c12.CC(C)c1cccc(C(C)C)c1[N]=[Mo]=[CH]C(C)(C)c1ccccc1.CC(C)c1cccc(C(C)C)c1[N]=[Mo]=[CH]C(C)(C)c1ccccc1.Cc1ccc(C)[n-]1.Cc1ccc(C)[n-]1.Cc1ccc(C)[n-]1.Oc1cccc2cccc(-c3ccccc3)c12.Oc1cccc2cccc(-c3ccccc3)c12. The van der Waals surface area contributed by atoms with Crippen LogP contribution in [0.4, 0.5) is 17.1 Å². The molecule has 0 saturated heterocycles. The Kier molecular flexibility index (Phi) is 44.2. The van der Waals surface area contributed by atoms with Gasteiger partial charge in [-0.3, -0.25) is 0 Å². The Morgan fingerprint density at radius 2 is 0.578 bits per heavy atom. The van der Waals surface area contributed by atoms with E-state index in [1.807, 2.05) is 217 Å². The smallest absolute Gasteiger partial charge is 0.124 e. The number of aromatic nitrogens is 3. The molecule has 0 bridgehead atoms. The third-order valence-electron chi connectivity index (χ3n) is 25.1. The van der Waals surface area contributed by atoms with Gasteiger partial charge in [-0.15, -0.1) is 0 Å². The predicted molar refractivity (Wildman–Crippen MR) is 625 cm³/mol. The second-order valence-corrected chi connectivity index (χ2v) is 52.6. The van der Waals surface area contributed by atoms with Crippen LogP contribution in [0.1, 0.15) is 216 Å².